The average molecular weight is 315 g/mol. The van der Waals surface area contributed by atoms with Crippen LogP contribution >= 0.6 is 0 Å². The predicted molar refractivity (Wildman–Crippen MR) is 82.1 cm³/mol. The van der Waals surface area contributed by atoms with Gasteiger partial charge in [-0.05, 0) is 18.6 Å². The van der Waals surface area contributed by atoms with Crippen LogP contribution in [0.3, 0.4) is 0 Å². The number of carbonyl (C=O) groups excluding carboxylic acids is 1. The standard InChI is InChI=1S/C15H13N3O5/c1-10(11-5-3-2-4-6-11)16-15(19)13-8-7-12(17(20)21)9-14(13)18(22)23/h2-10H,1H3,(H,16,19)/t10-/m1/s1. The molecule has 23 heavy (non-hydrogen) atoms. The number of hydrogen-bond donors (Lipinski definition) is 1. The van der Waals surface area contributed by atoms with Crippen molar-refractivity contribution in [2.45, 2.75) is 13.0 Å². The third-order valence-corrected chi connectivity index (χ3v) is 3.28. The fourth-order valence-electron chi connectivity index (χ4n) is 2.08. The van der Waals surface area contributed by atoms with Crippen molar-refractivity contribution in [2.24, 2.45) is 0 Å². The number of non-ortho nitro benzene ring substituents is 1. The normalized spacial score (nSPS) is 11.5. The van der Waals surface area contributed by atoms with Gasteiger partial charge in [-0.15, -0.1) is 0 Å². The molecule has 1 N–H and O–H groups in total. The third-order valence-electron chi connectivity index (χ3n) is 3.28. The van der Waals surface area contributed by atoms with Gasteiger partial charge in [-0.3, -0.25) is 25.0 Å². The average Bonchev–Trinajstić information content (AvgIpc) is 2.54. The highest BCUT2D eigenvalue weighted by molar-refractivity contribution is 5.98. The molecule has 118 valence electrons. The molecule has 8 heteroatoms. The van der Waals surface area contributed by atoms with Crippen LogP contribution in [0.5, 0.6) is 0 Å². The largest absolute Gasteiger partial charge is 0.345 e. The second kappa shape index (κ2) is 6.65. The first-order valence-electron chi connectivity index (χ1n) is 6.69. The molecule has 2 aromatic rings. The van der Waals surface area contributed by atoms with Gasteiger partial charge < -0.3 is 5.32 Å². The maximum atomic E-state index is 12.2. The Labute approximate surface area is 131 Å². The van der Waals surface area contributed by atoms with Gasteiger partial charge in [0.15, 0.2) is 0 Å². The van der Waals surface area contributed by atoms with Gasteiger partial charge in [0.05, 0.1) is 22.0 Å². The molecule has 0 heterocycles. The molecule has 2 rings (SSSR count). The molecule has 0 saturated heterocycles. The van der Waals surface area contributed by atoms with Crippen LogP contribution < -0.4 is 5.32 Å². The fraction of sp³-hybridized carbons (Fsp3) is 0.133. The Hall–Kier alpha value is -3.29. The Morgan fingerprint density at radius 1 is 1.04 bits per heavy atom. The zero-order chi connectivity index (χ0) is 17.0. The van der Waals surface area contributed by atoms with E-state index in [0.717, 1.165) is 23.8 Å². The smallest absolute Gasteiger partial charge is 0.289 e. The monoisotopic (exact) mass is 315 g/mol. The Kier molecular flexibility index (Phi) is 4.65. The summed E-state index contributed by atoms with van der Waals surface area (Å²) < 4.78 is 0. The number of nitro groups is 2. The maximum absolute atomic E-state index is 12.2. The second-order valence-corrected chi connectivity index (χ2v) is 4.82. The van der Waals surface area contributed by atoms with E-state index in [9.17, 15) is 25.0 Å². The third kappa shape index (κ3) is 3.67. The van der Waals surface area contributed by atoms with Crippen LogP contribution in [0.2, 0.25) is 0 Å². The summed E-state index contributed by atoms with van der Waals surface area (Å²) in [4.78, 5) is 32.5. The minimum Gasteiger partial charge on any atom is -0.345 e. The van der Waals surface area contributed by atoms with E-state index >= 15 is 0 Å². The first-order chi connectivity index (χ1) is 10.9. The molecule has 0 aliphatic carbocycles. The summed E-state index contributed by atoms with van der Waals surface area (Å²) in [5.41, 5.74) is -0.421. The lowest BCUT2D eigenvalue weighted by molar-refractivity contribution is -0.394. The SMILES string of the molecule is C[C@@H](NC(=O)c1ccc([N+](=O)[O-])cc1[N+](=O)[O-])c1ccccc1. The van der Waals surface area contributed by atoms with Crippen molar-refractivity contribution in [3.8, 4) is 0 Å². The van der Waals surface area contributed by atoms with Crippen LogP contribution in [0.4, 0.5) is 11.4 Å². The van der Waals surface area contributed by atoms with E-state index in [4.69, 9.17) is 0 Å². The zero-order valence-electron chi connectivity index (χ0n) is 12.1. The lowest BCUT2D eigenvalue weighted by atomic mass is 10.1. The topological polar surface area (TPSA) is 115 Å². The van der Waals surface area contributed by atoms with Gasteiger partial charge in [0, 0.05) is 6.07 Å². The summed E-state index contributed by atoms with van der Waals surface area (Å²) in [6, 6.07) is 11.7. The van der Waals surface area contributed by atoms with Crippen molar-refractivity contribution in [1.29, 1.82) is 0 Å². The lowest BCUT2D eigenvalue weighted by Gasteiger charge is -2.14. The highest BCUT2D eigenvalue weighted by Crippen LogP contribution is 2.25. The summed E-state index contributed by atoms with van der Waals surface area (Å²) in [5, 5.41) is 24.4. The minimum atomic E-state index is -0.810. The second-order valence-electron chi connectivity index (χ2n) is 4.82. The number of rotatable bonds is 5. The Balaban J connectivity index is 2.28. The number of carbonyl (C=O) groups is 1. The lowest BCUT2D eigenvalue weighted by Crippen LogP contribution is -2.27. The Morgan fingerprint density at radius 3 is 2.26 bits per heavy atom. The van der Waals surface area contributed by atoms with Crippen molar-refractivity contribution in [2.75, 3.05) is 0 Å². The van der Waals surface area contributed by atoms with Gasteiger partial charge in [-0.25, -0.2) is 0 Å². The van der Waals surface area contributed by atoms with Gasteiger partial charge in [-0.1, -0.05) is 30.3 Å². The molecule has 0 aliphatic heterocycles. The number of nitrogens with one attached hydrogen (secondary N) is 1. The minimum absolute atomic E-state index is 0.219. The molecule has 0 spiro atoms. The van der Waals surface area contributed by atoms with E-state index in [0.29, 0.717) is 0 Å². The molecule has 0 aliphatic rings. The van der Waals surface area contributed by atoms with E-state index in [2.05, 4.69) is 5.32 Å². The van der Waals surface area contributed by atoms with Gasteiger partial charge >= 0.3 is 0 Å². The highest BCUT2D eigenvalue weighted by Gasteiger charge is 2.24. The van der Waals surface area contributed by atoms with Crippen molar-refractivity contribution in [3.63, 3.8) is 0 Å². The summed E-state index contributed by atoms with van der Waals surface area (Å²) in [6.07, 6.45) is 0. The molecule has 0 saturated carbocycles. The van der Waals surface area contributed by atoms with E-state index in [1.54, 1.807) is 6.92 Å². The van der Waals surface area contributed by atoms with Gasteiger partial charge in [-0.2, -0.15) is 0 Å². The molecule has 0 aromatic heterocycles. The number of benzene rings is 2. The van der Waals surface area contributed by atoms with Crippen LogP contribution in [0.15, 0.2) is 48.5 Å². The molecule has 0 unspecified atom stereocenters. The molecule has 1 amide bonds. The Bertz CT molecular complexity index is 761. The van der Waals surface area contributed by atoms with E-state index < -0.39 is 27.1 Å². The van der Waals surface area contributed by atoms with E-state index in [-0.39, 0.29) is 11.6 Å². The van der Waals surface area contributed by atoms with Crippen LogP contribution in [-0.2, 0) is 0 Å². The molecule has 1 atom stereocenters. The number of hydrogen-bond acceptors (Lipinski definition) is 5. The molecule has 0 bridgehead atoms. The molecular formula is C15H13N3O5. The fourth-order valence-corrected chi connectivity index (χ4v) is 2.08. The van der Waals surface area contributed by atoms with Gasteiger partial charge in [0.25, 0.3) is 17.3 Å². The predicted octanol–water partition coefficient (Wildman–Crippen LogP) is 2.99. The van der Waals surface area contributed by atoms with Gasteiger partial charge in [0.2, 0.25) is 0 Å². The summed E-state index contributed by atoms with van der Waals surface area (Å²) in [7, 11) is 0. The summed E-state index contributed by atoms with van der Waals surface area (Å²) in [5.74, 6) is -0.664. The van der Waals surface area contributed by atoms with Crippen molar-refractivity contribution in [3.05, 3.63) is 79.9 Å². The van der Waals surface area contributed by atoms with Crippen LogP contribution in [0, 0.1) is 20.2 Å². The molecule has 0 radical (unpaired) electrons. The molecule has 0 fully saturated rings. The molecular weight excluding hydrogens is 302 g/mol. The van der Waals surface area contributed by atoms with E-state index in [1.807, 2.05) is 30.3 Å². The number of nitro benzene ring substituents is 2. The van der Waals surface area contributed by atoms with Crippen LogP contribution in [-0.4, -0.2) is 15.8 Å². The molecule has 8 nitrogen and oxygen atoms in total. The van der Waals surface area contributed by atoms with Crippen LogP contribution in [0.25, 0.3) is 0 Å². The van der Waals surface area contributed by atoms with Crippen LogP contribution in [0.1, 0.15) is 28.9 Å². The zero-order valence-corrected chi connectivity index (χ0v) is 12.1. The number of amides is 1. The summed E-state index contributed by atoms with van der Waals surface area (Å²) >= 11 is 0. The summed E-state index contributed by atoms with van der Waals surface area (Å²) in [6.45, 7) is 1.74. The van der Waals surface area contributed by atoms with Crippen molar-refractivity contribution >= 4 is 17.3 Å². The maximum Gasteiger partial charge on any atom is 0.289 e. The highest BCUT2D eigenvalue weighted by atomic mass is 16.6. The number of nitrogens with zero attached hydrogens (tertiary/aromatic N) is 2. The van der Waals surface area contributed by atoms with Crippen molar-refractivity contribution in [1.82, 2.24) is 5.32 Å². The quantitative estimate of drug-likeness (QED) is 0.672. The first kappa shape index (κ1) is 16.1. The first-order valence-corrected chi connectivity index (χ1v) is 6.69. The van der Waals surface area contributed by atoms with Crippen molar-refractivity contribution < 1.29 is 14.6 Å². The molecule has 2 aromatic carbocycles. The van der Waals surface area contributed by atoms with E-state index in [1.165, 1.54) is 0 Å². The van der Waals surface area contributed by atoms with Gasteiger partial charge in [0.1, 0.15) is 5.56 Å². The Morgan fingerprint density at radius 2 is 1.70 bits per heavy atom.